The summed E-state index contributed by atoms with van der Waals surface area (Å²) in [7, 11) is 0. The molecule has 2 heterocycles. The second kappa shape index (κ2) is 6.41. The standard InChI is InChI=1S/C13H16BrN3S/c1-3-16-12(5-13-17-9(2)8-18-13)10-4-11(14)7-15-6-10/h4,6-8,12,16H,3,5H2,1-2H3. The van der Waals surface area contributed by atoms with Crippen molar-refractivity contribution >= 4 is 27.3 Å². The van der Waals surface area contributed by atoms with Gasteiger partial charge in [-0.3, -0.25) is 4.98 Å². The zero-order valence-corrected chi connectivity index (χ0v) is 12.9. The number of aromatic nitrogens is 2. The van der Waals surface area contributed by atoms with Gasteiger partial charge in [-0.25, -0.2) is 4.98 Å². The van der Waals surface area contributed by atoms with Crippen molar-refractivity contribution in [1.82, 2.24) is 15.3 Å². The average molecular weight is 326 g/mol. The molecule has 0 spiro atoms. The normalized spacial score (nSPS) is 12.6. The summed E-state index contributed by atoms with van der Waals surface area (Å²) in [6.45, 7) is 5.08. The summed E-state index contributed by atoms with van der Waals surface area (Å²) in [5.41, 5.74) is 2.29. The zero-order valence-electron chi connectivity index (χ0n) is 10.5. The molecule has 0 radical (unpaired) electrons. The Bertz CT molecular complexity index is 512. The van der Waals surface area contributed by atoms with Gasteiger partial charge in [0.25, 0.3) is 0 Å². The molecule has 2 aromatic rings. The van der Waals surface area contributed by atoms with Crippen molar-refractivity contribution in [2.24, 2.45) is 0 Å². The lowest BCUT2D eigenvalue weighted by Crippen LogP contribution is -2.23. The molecule has 0 amide bonds. The molecule has 0 bridgehead atoms. The Hall–Kier alpha value is -0.780. The Morgan fingerprint density at radius 3 is 2.89 bits per heavy atom. The van der Waals surface area contributed by atoms with Crippen LogP contribution in [0.1, 0.15) is 29.2 Å². The van der Waals surface area contributed by atoms with E-state index in [4.69, 9.17) is 0 Å². The quantitative estimate of drug-likeness (QED) is 0.914. The van der Waals surface area contributed by atoms with E-state index < -0.39 is 0 Å². The van der Waals surface area contributed by atoms with E-state index in [0.717, 1.165) is 23.1 Å². The van der Waals surface area contributed by atoms with Crippen molar-refractivity contribution in [3.8, 4) is 0 Å². The number of halogens is 1. The molecule has 0 aromatic carbocycles. The zero-order chi connectivity index (χ0) is 13.0. The van der Waals surface area contributed by atoms with E-state index in [1.165, 1.54) is 10.6 Å². The average Bonchev–Trinajstić information content (AvgIpc) is 2.74. The molecule has 0 aliphatic heterocycles. The molecular formula is C13H16BrN3S. The minimum Gasteiger partial charge on any atom is -0.310 e. The number of nitrogens with zero attached hydrogens (tertiary/aromatic N) is 2. The van der Waals surface area contributed by atoms with E-state index in [1.54, 1.807) is 17.5 Å². The molecule has 1 atom stereocenters. The smallest absolute Gasteiger partial charge is 0.0947 e. The van der Waals surface area contributed by atoms with Gasteiger partial charge in [-0.1, -0.05) is 6.92 Å². The van der Waals surface area contributed by atoms with Gasteiger partial charge in [0.1, 0.15) is 0 Å². The molecule has 18 heavy (non-hydrogen) atoms. The third-order valence-electron chi connectivity index (χ3n) is 2.62. The van der Waals surface area contributed by atoms with Crippen LogP contribution in [0.25, 0.3) is 0 Å². The number of aryl methyl sites for hydroxylation is 1. The van der Waals surface area contributed by atoms with Crippen LogP contribution in [-0.2, 0) is 6.42 Å². The van der Waals surface area contributed by atoms with Crippen molar-refractivity contribution in [1.29, 1.82) is 0 Å². The van der Waals surface area contributed by atoms with E-state index >= 15 is 0 Å². The molecule has 2 rings (SSSR count). The molecule has 1 N–H and O–H groups in total. The molecule has 0 saturated heterocycles. The molecule has 3 nitrogen and oxygen atoms in total. The minimum atomic E-state index is 0.269. The van der Waals surface area contributed by atoms with Crippen molar-refractivity contribution < 1.29 is 0 Å². The Morgan fingerprint density at radius 1 is 1.44 bits per heavy atom. The van der Waals surface area contributed by atoms with E-state index in [9.17, 15) is 0 Å². The molecule has 2 aromatic heterocycles. The molecule has 96 valence electrons. The highest BCUT2D eigenvalue weighted by Gasteiger charge is 2.13. The summed E-state index contributed by atoms with van der Waals surface area (Å²) in [5.74, 6) is 0. The van der Waals surface area contributed by atoms with Gasteiger partial charge in [0.05, 0.1) is 5.01 Å². The van der Waals surface area contributed by atoms with Crippen LogP contribution < -0.4 is 5.32 Å². The Kier molecular flexibility index (Phi) is 4.86. The number of hydrogen-bond donors (Lipinski definition) is 1. The van der Waals surface area contributed by atoms with Gasteiger partial charge in [0.2, 0.25) is 0 Å². The SMILES string of the molecule is CCNC(Cc1nc(C)cs1)c1cncc(Br)c1. The van der Waals surface area contributed by atoms with Gasteiger partial charge < -0.3 is 5.32 Å². The summed E-state index contributed by atoms with van der Waals surface area (Å²) in [6, 6.07) is 2.38. The van der Waals surface area contributed by atoms with Crippen LogP contribution in [0.4, 0.5) is 0 Å². The van der Waals surface area contributed by atoms with Crippen LogP contribution in [0.15, 0.2) is 28.3 Å². The summed E-state index contributed by atoms with van der Waals surface area (Å²) < 4.78 is 1.01. The second-order valence-corrected chi connectivity index (χ2v) is 5.99. The van der Waals surface area contributed by atoms with Crippen molar-refractivity contribution in [3.05, 3.63) is 44.6 Å². The second-order valence-electron chi connectivity index (χ2n) is 4.13. The number of thiazole rings is 1. The maximum atomic E-state index is 4.53. The van der Waals surface area contributed by atoms with Crippen LogP contribution in [0.5, 0.6) is 0 Å². The number of pyridine rings is 1. The first-order chi connectivity index (χ1) is 8.69. The van der Waals surface area contributed by atoms with Crippen molar-refractivity contribution in [3.63, 3.8) is 0 Å². The molecule has 1 unspecified atom stereocenters. The summed E-state index contributed by atoms with van der Waals surface area (Å²) in [4.78, 5) is 8.76. The van der Waals surface area contributed by atoms with Gasteiger partial charge in [-0.15, -0.1) is 11.3 Å². The maximum Gasteiger partial charge on any atom is 0.0947 e. The first-order valence-electron chi connectivity index (χ1n) is 5.94. The predicted octanol–water partition coefficient (Wildman–Crippen LogP) is 3.50. The molecule has 0 aliphatic carbocycles. The maximum absolute atomic E-state index is 4.53. The fraction of sp³-hybridized carbons (Fsp3) is 0.385. The van der Waals surface area contributed by atoms with Gasteiger partial charge in [-0.05, 0) is 41.0 Å². The lowest BCUT2D eigenvalue weighted by atomic mass is 10.1. The Morgan fingerprint density at radius 2 is 2.28 bits per heavy atom. The van der Waals surface area contributed by atoms with E-state index in [1.807, 2.05) is 13.1 Å². The van der Waals surface area contributed by atoms with Gasteiger partial charge in [0, 0.05) is 40.4 Å². The molecule has 0 aliphatic rings. The largest absolute Gasteiger partial charge is 0.310 e. The first kappa shape index (κ1) is 13.6. The van der Waals surface area contributed by atoms with Crippen LogP contribution in [0.2, 0.25) is 0 Å². The highest BCUT2D eigenvalue weighted by Crippen LogP contribution is 2.22. The highest BCUT2D eigenvalue weighted by atomic mass is 79.9. The summed E-state index contributed by atoms with van der Waals surface area (Å²) in [6.07, 6.45) is 4.63. The first-order valence-corrected chi connectivity index (χ1v) is 7.61. The molecule has 0 saturated carbocycles. The number of likely N-dealkylation sites (N-methyl/N-ethyl adjacent to an activating group) is 1. The van der Waals surface area contributed by atoms with Gasteiger partial charge in [-0.2, -0.15) is 0 Å². The number of nitrogens with one attached hydrogen (secondary N) is 1. The van der Waals surface area contributed by atoms with Crippen LogP contribution >= 0.6 is 27.3 Å². The molecular weight excluding hydrogens is 310 g/mol. The van der Waals surface area contributed by atoms with Crippen LogP contribution in [-0.4, -0.2) is 16.5 Å². The van der Waals surface area contributed by atoms with Crippen LogP contribution in [0.3, 0.4) is 0 Å². The third kappa shape index (κ3) is 3.60. The predicted molar refractivity (Wildman–Crippen MR) is 78.9 cm³/mol. The molecule has 0 fully saturated rings. The lowest BCUT2D eigenvalue weighted by Gasteiger charge is -2.17. The van der Waals surface area contributed by atoms with E-state index in [0.29, 0.717) is 0 Å². The number of rotatable bonds is 5. The monoisotopic (exact) mass is 325 g/mol. The highest BCUT2D eigenvalue weighted by molar-refractivity contribution is 9.10. The van der Waals surface area contributed by atoms with Crippen LogP contribution in [0, 0.1) is 6.92 Å². The van der Waals surface area contributed by atoms with Crippen molar-refractivity contribution in [2.45, 2.75) is 26.3 Å². The Labute approximate surface area is 120 Å². The summed E-state index contributed by atoms with van der Waals surface area (Å²) >= 11 is 5.19. The minimum absolute atomic E-state index is 0.269. The molecule has 5 heteroatoms. The van der Waals surface area contributed by atoms with Gasteiger partial charge >= 0.3 is 0 Å². The topological polar surface area (TPSA) is 37.8 Å². The Balaban J connectivity index is 2.17. The lowest BCUT2D eigenvalue weighted by molar-refractivity contribution is 0.546. The third-order valence-corrected chi connectivity index (χ3v) is 4.05. The number of hydrogen-bond acceptors (Lipinski definition) is 4. The summed E-state index contributed by atoms with van der Waals surface area (Å²) in [5, 5.41) is 6.75. The van der Waals surface area contributed by atoms with E-state index in [2.05, 4.69) is 49.6 Å². The fourth-order valence-electron chi connectivity index (χ4n) is 1.84. The van der Waals surface area contributed by atoms with E-state index in [-0.39, 0.29) is 6.04 Å². The van der Waals surface area contributed by atoms with Gasteiger partial charge in [0.15, 0.2) is 0 Å². The fourth-order valence-corrected chi connectivity index (χ4v) is 3.05. The van der Waals surface area contributed by atoms with Crippen molar-refractivity contribution in [2.75, 3.05) is 6.54 Å².